The van der Waals surface area contributed by atoms with Crippen molar-refractivity contribution < 1.29 is 4.74 Å². The van der Waals surface area contributed by atoms with Crippen molar-refractivity contribution in [3.8, 4) is 33.8 Å². The lowest BCUT2D eigenvalue weighted by Gasteiger charge is -2.17. The quantitative estimate of drug-likeness (QED) is 0.329. The van der Waals surface area contributed by atoms with Crippen molar-refractivity contribution in [1.82, 2.24) is 0 Å². The minimum atomic E-state index is 0.859. The van der Waals surface area contributed by atoms with Crippen LogP contribution < -0.4 is 4.74 Å². The average Bonchev–Trinajstić information content (AvgIpc) is 2.75. The molecule has 4 aromatic rings. The van der Waals surface area contributed by atoms with Crippen LogP contribution >= 0.6 is 0 Å². The summed E-state index contributed by atoms with van der Waals surface area (Å²) in [7, 11) is 0. The molecule has 1 nitrogen and oxygen atoms in total. The highest BCUT2D eigenvalue weighted by Gasteiger charge is 2.12. The van der Waals surface area contributed by atoms with Gasteiger partial charge in [0.1, 0.15) is 11.5 Å². The summed E-state index contributed by atoms with van der Waals surface area (Å²) in [5.74, 6) is 1.72. The fourth-order valence-corrected chi connectivity index (χ4v) is 3.92. The number of aryl methyl sites for hydroxylation is 5. The molecule has 0 radical (unpaired) electrons. The van der Waals surface area contributed by atoms with E-state index in [1.54, 1.807) is 0 Å². The van der Waals surface area contributed by atoms with Gasteiger partial charge in [-0.1, -0.05) is 48.0 Å². The molecule has 1 heteroatoms. The largest absolute Gasteiger partial charge is 0.457 e. The molecular formula is C30H30O. The Balaban J connectivity index is 1.78. The van der Waals surface area contributed by atoms with E-state index < -0.39 is 0 Å². The van der Waals surface area contributed by atoms with Crippen molar-refractivity contribution >= 4 is 0 Å². The maximum atomic E-state index is 6.16. The van der Waals surface area contributed by atoms with Crippen molar-refractivity contribution in [3.63, 3.8) is 0 Å². The number of ether oxygens (including phenoxy) is 1. The van der Waals surface area contributed by atoms with E-state index in [2.05, 4.69) is 96.1 Å². The molecule has 4 rings (SSSR count). The Hall–Kier alpha value is -3.32. The third-order valence-electron chi connectivity index (χ3n) is 6.26. The summed E-state index contributed by atoms with van der Waals surface area (Å²) in [6.45, 7) is 13.0. The first kappa shape index (κ1) is 20.9. The maximum Gasteiger partial charge on any atom is 0.128 e. The smallest absolute Gasteiger partial charge is 0.128 e. The summed E-state index contributed by atoms with van der Waals surface area (Å²) in [5.41, 5.74) is 12.7. The molecule has 0 spiro atoms. The molecule has 0 unspecified atom stereocenters. The first-order valence-corrected chi connectivity index (χ1v) is 10.9. The second-order valence-electron chi connectivity index (χ2n) is 8.66. The molecule has 0 fully saturated rings. The molecule has 0 aliphatic heterocycles. The van der Waals surface area contributed by atoms with Crippen LogP contribution in [-0.4, -0.2) is 0 Å². The Kier molecular flexibility index (Phi) is 5.69. The molecule has 4 aromatic carbocycles. The topological polar surface area (TPSA) is 9.23 Å². The molecular weight excluding hydrogens is 376 g/mol. The first-order chi connectivity index (χ1) is 14.8. The van der Waals surface area contributed by atoms with Gasteiger partial charge in [-0.25, -0.2) is 0 Å². The molecule has 0 heterocycles. The number of hydrogen-bond donors (Lipinski definition) is 0. The Labute approximate surface area is 186 Å². The van der Waals surface area contributed by atoms with Gasteiger partial charge in [-0.2, -0.15) is 0 Å². The van der Waals surface area contributed by atoms with Crippen LogP contribution in [0, 0.1) is 41.5 Å². The second kappa shape index (κ2) is 8.43. The molecule has 31 heavy (non-hydrogen) atoms. The zero-order valence-electron chi connectivity index (χ0n) is 19.3. The lowest BCUT2D eigenvalue weighted by atomic mass is 9.89. The highest BCUT2D eigenvalue weighted by Crippen LogP contribution is 2.36. The summed E-state index contributed by atoms with van der Waals surface area (Å²) in [6.07, 6.45) is 0. The van der Waals surface area contributed by atoms with E-state index in [4.69, 9.17) is 4.74 Å². The predicted octanol–water partition coefficient (Wildman–Crippen LogP) is 8.66. The molecule has 0 saturated heterocycles. The van der Waals surface area contributed by atoms with Gasteiger partial charge < -0.3 is 4.74 Å². The van der Waals surface area contributed by atoms with E-state index in [9.17, 15) is 0 Å². The Morgan fingerprint density at radius 1 is 0.452 bits per heavy atom. The van der Waals surface area contributed by atoms with Gasteiger partial charge in [0.25, 0.3) is 0 Å². The normalized spacial score (nSPS) is 10.9. The van der Waals surface area contributed by atoms with Crippen LogP contribution in [0.25, 0.3) is 22.3 Å². The van der Waals surface area contributed by atoms with Crippen molar-refractivity contribution in [2.45, 2.75) is 41.5 Å². The standard InChI is InChI=1S/C30H30O/c1-19-7-12-27(13-8-19)31-28-14-10-21(3)29(18-28)30-17-26(16-23(5)24(30)6)25-11-9-20(2)22(4)15-25/h7-18H,1-6H3. The van der Waals surface area contributed by atoms with E-state index >= 15 is 0 Å². The minimum Gasteiger partial charge on any atom is -0.457 e. The van der Waals surface area contributed by atoms with Crippen LogP contribution in [0.1, 0.15) is 33.4 Å². The van der Waals surface area contributed by atoms with Gasteiger partial charge >= 0.3 is 0 Å². The van der Waals surface area contributed by atoms with Crippen LogP contribution in [0.5, 0.6) is 11.5 Å². The van der Waals surface area contributed by atoms with E-state index in [0.29, 0.717) is 0 Å². The lowest BCUT2D eigenvalue weighted by molar-refractivity contribution is 0.482. The maximum absolute atomic E-state index is 6.16. The molecule has 156 valence electrons. The third-order valence-corrected chi connectivity index (χ3v) is 6.26. The zero-order valence-corrected chi connectivity index (χ0v) is 19.3. The van der Waals surface area contributed by atoms with Crippen molar-refractivity contribution in [2.24, 2.45) is 0 Å². The first-order valence-electron chi connectivity index (χ1n) is 10.9. The summed E-state index contributed by atoms with van der Waals surface area (Å²) >= 11 is 0. The van der Waals surface area contributed by atoms with E-state index in [-0.39, 0.29) is 0 Å². The SMILES string of the molecule is Cc1ccc(Oc2ccc(C)c(-c3cc(-c4ccc(C)c(C)c4)cc(C)c3C)c2)cc1. The van der Waals surface area contributed by atoms with Crippen molar-refractivity contribution in [1.29, 1.82) is 0 Å². The highest BCUT2D eigenvalue weighted by molar-refractivity contribution is 5.79. The van der Waals surface area contributed by atoms with Gasteiger partial charge in [0, 0.05) is 0 Å². The monoisotopic (exact) mass is 406 g/mol. The minimum absolute atomic E-state index is 0.859. The number of benzene rings is 4. The van der Waals surface area contributed by atoms with Crippen LogP contribution in [0.2, 0.25) is 0 Å². The van der Waals surface area contributed by atoms with Gasteiger partial charge in [-0.05, 0) is 122 Å². The molecule has 0 saturated carbocycles. The van der Waals surface area contributed by atoms with Gasteiger partial charge in [0.2, 0.25) is 0 Å². The molecule has 0 amide bonds. The number of hydrogen-bond acceptors (Lipinski definition) is 1. The summed E-state index contributed by atoms with van der Waals surface area (Å²) < 4.78 is 6.16. The van der Waals surface area contributed by atoms with Crippen molar-refractivity contribution in [3.05, 3.63) is 106 Å². The van der Waals surface area contributed by atoms with E-state index in [1.807, 2.05) is 18.2 Å². The van der Waals surface area contributed by atoms with Crippen LogP contribution in [0.4, 0.5) is 0 Å². The predicted molar refractivity (Wildman–Crippen MR) is 132 cm³/mol. The zero-order chi connectivity index (χ0) is 22.1. The Morgan fingerprint density at radius 2 is 1.10 bits per heavy atom. The Morgan fingerprint density at radius 3 is 1.81 bits per heavy atom. The molecule has 0 aliphatic carbocycles. The fourth-order valence-electron chi connectivity index (χ4n) is 3.92. The molecule has 0 aromatic heterocycles. The Bertz CT molecular complexity index is 1250. The van der Waals surface area contributed by atoms with Gasteiger partial charge in [-0.3, -0.25) is 0 Å². The van der Waals surface area contributed by atoms with Gasteiger partial charge in [0.05, 0.1) is 0 Å². The second-order valence-corrected chi connectivity index (χ2v) is 8.66. The summed E-state index contributed by atoms with van der Waals surface area (Å²) in [5, 5.41) is 0. The van der Waals surface area contributed by atoms with Gasteiger partial charge in [-0.15, -0.1) is 0 Å². The third kappa shape index (κ3) is 4.41. The van der Waals surface area contributed by atoms with Crippen LogP contribution in [0.15, 0.2) is 72.8 Å². The average molecular weight is 407 g/mol. The molecule has 0 N–H and O–H groups in total. The summed E-state index contributed by atoms with van der Waals surface area (Å²) in [4.78, 5) is 0. The van der Waals surface area contributed by atoms with Crippen LogP contribution in [0.3, 0.4) is 0 Å². The summed E-state index contributed by atoms with van der Waals surface area (Å²) in [6, 6.07) is 25.9. The molecule has 0 aliphatic rings. The highest BCUT2D eigenvalue weighted by atomic mass is 16.5. The molecule has 0 bridgehead atoms. The van der Waals surface area contributed by atoms with Crippen LogP contribution in [-0.2, 0) is 0 Å². The van der Waals surface area contributed by atoms with Crippen molar-refractivity contribution in [2.75, 3.05) is 0 Å². The van der Waals surface area contributed by atoms with E-state index in [0.717, 1.165) is 11.5 Å². The molecule has 0 atom stereocenters. The van der Waals surface area contributed by atoms with E-state index in [1.165, 1.54) is 55.6 Å². The lowest BCUT2D eigenvalue weighted by Crippen LogP contribution is -1.94. The van der Waals surface area contributed by atoms with Gasteiger partial charge in [0.15, 0.2) is 0 Å². The number of rotatable bonds is 4. The fraction of sp³-hybridized carbons (Fsp3) is 0.200.